The molecule has 1 saturated heterocycles. The van der Waals surface area contributed by atoms with Gasteiger partial charge in [0.2, 0.25) is 5.91 Å². The van der Waals surface area contributed by atoms with Crippen LogP contribution in [0.25, 0.3) is 10.8 Å². The second-order valence-corrected chi connectivity index (χ2v) is 6.00. The second kappa shape index (κ2) is 6.50. The lowest BCUT2D eigenvalue weighted by Crippen LogP contribution is -2.42. The number of likely N-dealkylation sites (N-methyl/N-ethyl adjacent to an activating group) is 1. The Morgan fingerprint density at radius 3 is 2.65 bits per heavy atom. The number of amides is 1. The molecule has 2 heterocycles. The van der Waals surface area contributed by atoms with Crippen LogP contribution >= 0.6 is 0 Å². The molecule has 6 heteroatoms. The van der Waals surface area contributed by atoms with E-state index in [4.69, 9.17) is 4.74 Å². The van der Waals surface area contributed by atoms with Gasteiger partial charge < -0.3 is 9.64 Å². The minimum absolute atomic E-state index is 0.0154. The van der Waals surface area contributed by atoms with Crippen LogP contribution in [0, 0.1) is 0 Å². The van der Waals surface area contributed by atoms with Gasteiger partial charge >= 0.3 is 0 Å². The monoisotopic (exact) mass is 315 g/mol. The Hall–Kier alpha value is -2.21. The average Bonchev–Trinajstić information content (AvgIpc) is 2.61. The lowest BCUT2D eigenvalue weighted by Gasteiger charge is -2.32. The maximum atomic E-state index is 12.8. The summed E-state index contributed by atoms with van der Waals surface area (Å²) in [5, 5.41) is 7.94. The molecular formula is C17H21N3O3. The first-order chi connectivity index (χ1) is 11.1. The van der Waals surface area contributed by atoms with Gasteiger partial charge in [-0.15, -0.1) is 0 Å². The van der Waals surface area contributed by atoms with E-state index in [1.165, 1.54) is 0 Å². The number of ether oxygens (including phenoxy) is 1. The summed E-state index contributed by atoms with van der Waals surface area (Å²) in [7, 11) is 1.84. The summed E-state index contributed by atoms with van der Waals surface area (Å²) in [6.45, 7) is 3.22. The van der Waals surface area contributed by atoms with Crippen molar-refractivity contribution in [1.29, 1.82) is 0 Å². The number of carbonyl (C=O) groups excluding carboxylic acids is 1. The van der Waals surface area contributed by atoms with Crippen molar-refractivity contribution in [3.05, 3.63) is 40.3 Å². The molecule has 122 valence electrons. The number of benzene rings is 1. The van der Waals surface area contributed by atoms with E-state index in [9.17, 15) is 9.59 Å². The average molecular weight is 315 g/mol. The lowest BCUT2D eigenvalue weighted by atomic mass is 9.98. The van der Waals surface area contributed by atoms with Crippen LogP contribution < -0.4 is 5.56 Å². The number of carbonyl (C=O) groups is 1. The van der Waals surface area contributed by atoms with E-state index >= 15 is 0 Å². The van der Waals surface area contributed by atoms with Crippen LogP contribution in [0.2, 0.25) is 0 Å². The number of aromatic nitrogens is 2. The third-order valence-corrected chi connectivity index (χ3v) is 4.59. The van der Waals surface area contributed by atoms with Crippen LogP contribution in [0.5, 0.6) is 0 Å². The lowest BCUT2D eigenvalue weighted by molar-refractivity contribution is -0.134. The number of fused-ring (bicyclic) bond motifs is 1. The van der Waals surface area contributed by atoms with Gasteiger partial charge in [0, 0.05) is 31.7 Å². The molecule has 0 radical (unpaired) electrons. The normalized spacial score (nSPS) is 17.1. The molecule has 2 aromatic rings. The van der Waals surface area contributed by atoms with Gasteiger partial charge in [-0.1, -0.05) is 18.2 Å². The van der Waals surface area contributed by atoms with Gasteiger partial charge in [0.25, 0.3) is 5.56 Å². The predicted molar refractivity (Wildman–Crippen MR) is 87.4 cm³/mol. The highest BCUT2D eigenvalue weighted by molar-refractivity contribution is 5.91. The summed E-state index contributed by atoms with van der Waals surface area (Å²) in [4.78, 5) is 26.5. The van der Waals surface area contributed by atoms with E-state index in [0.29, 0.717) is 24.3 Å². The van der Waals surface area contributed by atoms with Crippen molar-refractivity contribution >= 4 is 16.7 Å². The molecule has 0 aliphatic carbocycles. The highest BCUT2D eigenvalue weighted by Gasteiger charge is 2.28. The molecule has 1 aromatic heterocycles. The number of nitrogens with one attached hydrogen (secondary N) is 1. The number of aromatic amines is 1. The number of hydrogen-bond donors (Lipinski definition) is 1. The Bertz CT molecular complexity index is 765. The largest absolute Gasteiger partial charge is 0.381 e. The van der Waals surface area contributed by atoms with Gasteiger partial charge in [0.05, 0.1) is 17.0 Å². The van der Waals surface area contributed by atoms with Crippen LogP contribution in [0.3, 0.4) is 0 Å². The Balaban J connectivity index is 1.90. The SMILES string of the molecule is CC(C(=O)N(C)C1CCOCC1)c1n[nH]c(=O)c2ccccc12. The number of hydrogen-bond acceptors (Lipinski definition) is 4. The summed E-state index contributed by atoms with van der Waals surface area (Å²) in [6, 6.07) is 7.45. The molecule has 1 amide bonds. The fraction of sp³-hybridized carbons (Fsp3) is 0.471. The number of H-pyrrole nitrogens is 1. The molecule has 1 aliphatic rings. The molecule has 0 bridgehead atoms. The van der Waals surface area contributed by atoms with Crippen molar-refractivity contribution < 1.29 is 9.53 Å². The first-order valence-electron chi connectivity index (χ1n) is 7.91. The van der Waals surface area contributed by atoms with Gasteiger partial charge in [-0.3, -0.25) is 9.59 Å². The van der Waals surface area contributed by atoms with E-state index in [1.807, 2.05) is 32.2 Å². The van der Waals surface area contributed by atoms with E-state index in [0.717, 1.165) is 18.2 Å². The molecule has 23 heavy (non-hydrogen) atoms. The maximum Gasteiger partial charge on any atom is 0.272 e. The third kappa shape index (κ3) is 2.99. The van der Waals surface area contributed by atoms with Gasteiger partial charge in [0.15, 0.2) is 0 Å². The van der Waals surface area contributed by atoms with E-state index in [2.05, 4.69) is 10.2 Å². The van der Waals surface area contributed by atoms with Crippen molar-refractivity contribution in [2.24, 2.45) is 0 Å². The zero-order valence-corrected chi connectivity index (χ0v) is 13.4. The summed E-state index contributed by atoms with van der Waals surface area (Å²) in [5.41, 5.74) is 0.380. The van der Waals surface area contributed by atoms with Crippen LogP contribution in [0.1, 0.15) is 31.4 Å². The summed E-state index contributed by atoms with van der Waals surface area (Å²) in [5.74, 6) is -0.397. The Labute approximate surface area is 134 Å². The van der Waals surface area contributed by atoms with Crippen LogP contribution in [-0.4, -0.2) is 47.3 Å². The Morgan fingerprint density at radius 1 is 1.30 bits per heavy atom. The first-order valence-corrected chi connectivity index (χ1v) is 7.91. The Morgan fingerprint density at radius 2 is 1.96 bits per heavy atom. The van der Waals surface area contributed by atoms with Crippen molar-refractivity contribution in [1.82, 2.24) is 15.1 Å². The highest BCUT2D eigenvalue weighted by Crippen LogP contribution is 2.24. The second-order valence-electron chi connectivity index (χ2n) is 6.00. The number of nitrogens with zero attached hydrogens (tertiary/aromatic N) is 2. The molecule has 6 nitrogen and oxygen atoms in total. The molecular weight excluding hydrogens is 294 g/mol. The minimum Gasteiger partial charge on any atom is -0.381 e. The molecule has 3 rings (SSSR count). The molecule has 0 saturated carbocycles. The molecule has 1 aromatic carbocycles. The molecule has 1 atom stereocenters. The predicted octanol–water partition coefficient (Wildman–Crippen LogP) is 1.66. The summed E-state index contributed by atoms with van der Waals surface area (Å²) >= 11 is 0. The fourth-order valence-electron chi connectivity index (χ4n) is 3.14. The first kappa shape index (κ1) is 15.7. The van der Waals surface area contributed by atoms with Crippen LogP contribution in [-0.2, 0) is 9.53 Å². The smallest absolute Gasteiger partial charge is 0.272 e. The van der Waals surface area contributed by atoms with Crippen molar-refractivity contribution in [2.45, 2.75) is 31.7 Å². The van der Waals surface area contributed by atoms with Crippen molar-refractivity contribution in [3.63, 3.8) is 0 Å². The quantitative estimate of drug-likeness (QED) is 0.935. The summed E-state index contributed by atoms with van der Waals surface area (Å²) in [6.07, 6.45) is 1.71. The van der Waals surface area contributed by atoms with Crippen LogP contribution in [0.15, 0.2) is 29.1 Å². The van der Waals surface area contributed by atoms with Gasteiger partial charge in [-0.2, -0.15) is 5.10 Å². The van der Waals surface area contributed by atoms with Gasteiger partial charge in [-0.25, -0.2) is 5.10 Å². The van der Waals surface area contributed by atoms with E-state index in [1.54, 1.807) is 11.0 Å². The van der Waals surface area contributed by atoms with Crippen molar-refractivity contribution in [3.8, 4) is 0 Å². The number of rotatable bonds is 3. The molecule has 1 aliphatic heterocycles. The Kier molecular flexibility index (Phi) is 4.43. The summed E-state index contributed by atoms with van der Waals surface area (Å²) < 4.78 is 5.36. The van der Waals surface area contributed by atoms with Gasteiger partial charge in [0.1, 0.15) is 0 Å². The van der Waals surface area contributed by atoms with Crippen LogP contribution in [0.4, 0.5) is 0 Å². The molecule has 0 spiro atoms. The molecule has 1 unspecified atom stereocenters. The van der Waals surface area contributed by atoms with Gasteiger partial charge in [-0.05, 0) is 25.8 Å². The zero-order valence-electron chi connectivity index (χ0n) is 13.4. The standard InChI is InChI=1S/C17H21N3O3/c1-11(17(22)20(2)12-7-9-23-10-8-12)15-13-5-3-4-6-14(13)16(21)19-18-15/h3-6,11-12H,7-10H2,1-2H3,(H,19,21). The topological polar surface area (TPSA) is 75.3 Å². The van der Waals surface area contributed by atoms with E-state index < -0.39 is 5.92 Å². The molecule has 1 fully saturated rings. The van der Waals surface area contributed by atoms with Crippen molar-refractivity contribution in [2.75, 3.05) is 20.3 Å². The molecule has 1 N–H and O–H groups in total. The zero-order chi connectivity index (χ0) is 16.4. The maximum absolute atomic E-state index is 12.8. The highest BCUT2D eigenvalue weighted by atomic mass is 16.5. The fourth-order valence-corrected chi connectivity index (χ4v) is 3.14. The minimum atomic E-state index is -0.412. The third-order valence-electron chi connectivity index (χ3n) is 4.59. The van der Waals surface area contributed by atoms with E-state index in [-0.39, 0.29) is 17.5 Å².